The molecule has 1 aromatic heterocycles. The number of hydrogen-bond donors (Lipinski definition) is 3. The Labute approximate surface area is 189 Å². The lowest BCUT2D eigenvalue weighted by molar-refractivity contribution is 0.0918. The first kappa shape index (κ1) is 21.1. The predicted molar refractivity (Wildman–Crippen MR) is 128 cm³/mol. The molecule has 6 heteroatoms. The molecule has 0 amide bonds. The second kappa shape index (κ2) is 9.36. The van der Waals surface area contributed by atoms with E-state index in [1.165, 1.54) is 5.56 Å². The molecule has 4 unspecified atom stereocenters. The molecule has 1 fully saturated rings. The van der Waals surface area contributed by atoms with Gasteiger partial charge in [-0.1, -0.05) is 49.4 Å². The fourth-order valence-electron chi connectivity index (χ4n) is 4.92. The van der Waals surface area contributed by atoms with Gasteiger partial charge < -0.3 is 5.11 Å². The number of likely N-dealkylation sites (tertiary alicyclic amines) is 1. The van der Waals surface area contributed by atoms with E-state index < -0.39 is 6.23 Å². The van der Waals surface area contributed by atoms with Crippen LogP contribution < -0.4 is 5.32 Å². The van der Waals surface area contributed by atoms with Crippen molar-refractivity contribution in [3.05, 3.63) is 77.6 Å². The van der Waals surface area contributed by atoms with Crippen molar-refractivity contribution in [2.24, 2.45) is 10.9 Å². The first-order valence-electron chi connectivity index (χ1n) is 11.6. The smallest absolute Gasteiger partial charge is 0.131 e. The molecule has 3 aromatic rings. The minimum atomic E-state index is -0.704. The summed E-state index contributed by atoms with van der Waals surface area (Å²) in [5, 5.41) is 23.2. The molecule has 0 radical (unpaired) electrons. The summed E-state index contributed by atoms with van der Waals surface area (Å²) in [6, 6.07) is 16.9. The number of rotatable bonds is 6. The molecule has 0 bridgehead atoms. The van der Waals surface area contributed by atoms with Crippen molar-refractivity contribution in [2.45, 2.75) is 44.5 Å². The zero-order chi connectivity index (χ0) is 21.9. The summed E-state index contributed by atoms with van der Waals surface area (Å²) in [7, 11) is 0. The quantitative estimate of drug-likeness (QED) is 0.515. The van der Waals surface area contributed by atoms with Crippen molar-refractivity contribution in [3.8, 4) is 0 Å². The SMILES string of the molecule is CC1C=NC=CC1c1[nH]nc2ccc(C(O)NC3CCCN(Cc4ccccc4)C3)cc12. The van der Waals surface area contributed by atoms with Gasteiger partial charge in [0, 0.05) is 48.8 Å². The van der Waals surface area contributed by atoms with Crippen molar-refractivity contribution in [1.29, 1.82) is 0 Å². The van der Waals surface area contributed by atoms with Gasteiger partial charge in [-0.15, -0.1) is 0 Å². The van der Waals surface area contributed by atoms with Gasteiger partial charge in [-0.05, 0) is 42.6 Å². The number of aliphatic hydroxyl groups excluding tert-OH is 1. The summed E-state index contributed by atoms with van der Waals surface area (Å²) in [4.78, 5) is 6.72. The van der Waals surface area contributed by atoms with E-state index in [0.717, 1.165) is 54.6 Å². The second-order valence-corrected chi connectivity index (χ2v) is 9.07. The number of nitrogens with one attached hydrogen (secondary N) is 2. The molecule has 0 aliphatic carbocycles. The minimum Gasteiger partial charge on any atom is -0.374 e. The maximum Gasteiger partial charge on any atom is 0.131 e. The molecule has 0 saturated carbocycles. The lowest BCUT2D eigenvalue weighted by Gasteiger charge is -2.34. The molecule has 4 atom stereocenters. The van der Waals surface area contributed by atoms with Crippen LogP contribution in [0.2, 0.25) is 0 Å². The standard InChI is InChI=1S/C26H31N5O/c1-18-15-27-12-11-22(18)25-23-14-20(9-10-24(23)29-30-25)26(32)28-21-8-5-13-31(17-21)16-19-6-3-2-4-7-19/h2-4,6-7,9-12,14-15,18,21-22,26,28,32H,5,8,13,16-17H2,1H3,(H,29,30). The van der Waals surface area contributed by atoms with Crippen LogP contribution in [0.15, 0.2) is 65.8 Å². The number of fused-ring (bicyclic) bond motifs is 1. The molecule has 5 rings (SSSR count). The van der Waals surface area contributed by atoms with E-state index in [1.807, 2.05) is 24.5 Å². The van der Waals surface area contributed by atoms with Crippen molar-refractivity contribution < 1.29 is 5.11 Å². The average Bonchev–Trinajstić information content (AvgIpc) is 3.23. The third kappa shape index (κ3) is 4.53. The Morgan fingerprint density at radius 3 is 2.94 bits per heavy atom. The third-order valence-corrected chi connectivity index (χ3v) is 6.67. The molecular weight excluding hydrogens is 398 g/mol. The number of benzene rings is 2. The minimum absolute atomic E-state index is 0.211. The highest BCUT2D eigenvalue weighted by molar-refractivity contribution is 5.83. The number of allylic oxidation sites excluding steroid dienone is 1. The van der Waals surface area contributed by atoms with Gasteiger partial charge in [0.05, 0.1) is 11.2 Å². The summed E-state index contributed by atoms with van der Waals surface area (Å²) in [5.41, 5.74) is 4.21. The highest BCUT2D eigenvalue weighted by Gasteiger charge is 2.24. The fourth-order valence-corrected chi connectivity index (χ4v) is 4.92. The Morgan fingerprint density at radius 1 is 1.22 bits per heavy atom. The molecule has 1 saturated heterocycles. The first-order valence-corrected chi connectivity index (χ1v) is 11.6. The Kier molecular flexibility index (Phi) is 6.17. The largest absolute Gasteiger partial charge is 0.374 e. The van der Waals surface area contributed by atoms with E-state index in [0.29, 0.717) is 5.92 Å². The maximum absolute atomic E-state index is 11.0. The number of aliphatic hydroxyl groups is 1. The van der Waals surface area contributed by atoms with E-state index in [4.69, 9.17) is 0 Å². The Morgan fingerprint density at radius 2 is 2.09 bits per heavy atom. The average molecular weight is 430 g/mol. The van der Waals surface area contributed by atoms with Crippen molar-refractivity contribution >= 4 is 17.1 Å². The molecule has 0 spiro atoms. The lowest BCUT2D eigenvalue weighted by atomic mass is 9.88. The van der Waals surface area contributed by atoms with Gasteiger partial charge in [-0.3, -0.25) is 20.3 Å². The van der Waals surface area contributed by atoms with Crippen LogP contribution in [0.4, 0.5) is 0 Å². The maximum atomic E-state index is 11.0. The van der Waals surface area contributed by atoms with Crippen LogP contribution in [-0.2, 0) is 6.54 Å². The first-order chi connectivity index (χ1) is 15.7. The molecule has 2 aliphatic rings. The van der Waals surface area contributed by atoms with E-state index in [9.17, 15) is 5.11 Å². The molecule has 3 heterocycles. The van der Waals surface area contributed by atoms with E-state index in [2.05, 4.69) is 74.8 Å². The summed E-state index contributed by atoms with van der Waals surface area (Å²) < 4.78 is 0. The molecule has 32 heavy (non-hydrogen) atoms. The monoisotopic (exact) mass is 429 g/mol. The molecule has 2 aromatic carbocycles. The number of piperidine rings is 1. The predicted octanol–water partition coefficient (Wildman–Crippen LogP) is 4.13. The highest BCUT2D eigenvalue weighted by atomic mass is 16.3. The molecule has 166 valence electrons. The summed E-state index contributed by atoms with van der Waals surface area (Å²) in [6.45, 7) is 5.16. The number of aliphatic imine (C=N–C) groups is 1. The van der Waals surface area contributed by atoms with E-state index in [-0.39, 0.29) is 12.0 Å². The van der Waals surface area contributed by atoms with Gasteiger partial charge >= 0.3 is 0 Å². The van der Waals surface area contributed by atoms with Gasteiger partial charge in [-0.25, -0.2) is 0 Å². The number of nitrogens with zero attached hydrogens (tertiary/aromatic N) is 3. The van der Waals surface area contributed by atoms with Gasteiger partial charge in [0.1, 0.15) is 6.23 Å². The summed E-state index contributed by atoms with van der Waals surface area (Å²) >= 11 is 0. The number of hydrogen-bond acceptors (Lipinski definition) is 5. The molecule has 6 nitrogen and oxygen atoms in total. The van der Waals surface area contributed by atoms with Crippen LogP contribution in [-0.4, -0.2) is 45.5 Å². The van der Waals surface area contributed by atoms with Crippen LogP contribution >= 0.6 is 0 Å². The van der Waals surface area contributed by atoms with Crippen molar-refractivity contribution in [1.82, 2.24) is 20.4 Å². The van der Waals surface area contributed by atoms with Gasteiger partial charge in [0.2, 0.25) is 0 Å². The lowest BCUT2D eigenvalue weighted by Crippen LogP contribution is -2.46. The Balaban J connectivity index is 1.28. The van der Waals surface area contributed by atoms with Crippen LogP contribution in [0.25, 0.3) is 10.9 Å². The van der Waals surface area contributed by atoms with Gasteiger partial charge in [-0.2, -0.15) is 5.10 Å². The topological polar surface area (TPSA) is 76.5 Å². The highest BCUT2D eigenvalue weighted by Crippen LogP contribution is 2.32. The number of aromatic nitrogens is 2. The fraction of sp³-hybridized carbons (Fsp3) is 0.385. The van der Waals surface area contributed by atoms with E-state index >= 15 is 0 Å². The third-order valence-electron chi connectivity index (χ3n) is 6.67. The van der Waals surface area contributed by atoms with Crippen LogP contribution in [0.1, 0.15) is 48.7 Å². The van der Waals surface area contributed by atoms with Crippen molar-refractivity contribution in [3.63, 3.8) is 0 Å². The molecule has 2 aliphatic heterocycles. The zero-order valence-electron chi connectivity index (χ0n) is 18.5. The Hall–Kier alpha value is -2.80. The molecule has 3 N–H and O–H groups in total. The van der Waals surface area contributed by atoms with Crippen LogP contribution in [0.5, 0.6) is 0 Å². The number of aromatic amines is 1. The number of H-pyrrole nitrogens is 1. The summed E-state index contributed by atoms with van der Waals surface area (Å²) in [5.74, 6) is 0.510. The second-order valence-electron chi connectivity index (χ2n) is 9.07. The van der Waals surface area contributed by atoms with Gasteiger partial charge in [0.15, 0.2) is 0 Å². The normalized spacial score (nSPS) is 24.8. The van der Waals surface area contributed by atoms with E-state index in [1.54, 1.807) is 0 Å². The Bertz CT molecular complexity index is 1110. The van der Waals surface area contributed by atoms with Crippen molar-refractivity contribution in [2.75, 3.05) is 13.1 Å². The van der Waals surface area contributed by atoms with Crippen LogP contribution in [0.3, 0.4) is 0 Å². The molecular formula is C26H31N5O. The zero-order valence-corrected chi connectivity index (χ0v) is 18.5. The van der Waals surface area contributed by atoms with Gasteiger partial charge in [0.25, 0.3) is 0 Å². The summed E-state index contributed by atoms with van der Waals surface area (Å²) in [6.07, 6.45) is 7.44. The van der Waals surface area contributed by atoms with Crippen LogP contribution in [0, 0.1) is 5.92 Å².